The summed E-state index contributed by atoms with van der Waals surface area (Å²) in [7, 11) is 0. The second kappa shape index (κ2) is 8.90. The monoisotopic (exact) mass is 437 g/mol. The van der Waals surface area contributed by atoms with Crippen molar-refractivity contribution < 1.29 is 9.53 Å². The maximum Gasteiger partial charge on any atom is 0.255 e. The number of fused-ring (bicyclic) bond motifs is 1. The quantitative estimate of drug-likeness (QED) is 0.625. The van der Waals surface area contributed by atoms with Gasteiger partial charge >= 0.3 is 0 Å². The number of carbonyl (C=O) groups is 1. The highest BCUT2D eigenvalue weighted by atomic mass is 32.1. The number of rotatable bonds is 4. The van der Waals surface area contributed by atoms with Crippen LogP contribution in [-0.2, 0) is 4.74 Å². The molecule has 5 rings (SSSR count). The molecule has 0 radical (unpaired) electrons. The zero-order valence-electron chi connectivity index (χ0n) is 17.7. The fraction of sp³-hybridized carbons (Fsp3) is 0.435. The molecule has 1 aromatic carbocycles. The number of thiazole rings is 1. The number of hydrogen-bond acceptors (Lipinski definition) is 7. The van der Waals surface area contributed by atoms with Crippen LogP contribution in [0.3, 0.4) is 0 Å². The van der Waals surface area contributed by atoms with E-state index in [1.54, 1.807) is 17.5 Å². The number of ether oxygens (including phenoxy) is 1. The van der Waals surface area contributed by atoms with Gasteiger partial charge in [0.05, 0.1) is 35.0 Å². The lowest BCUT2D eigenvalue weighted by Gasteiger charge is -2.37. The third-order valence-corrected chi connectivity index (χ3v) is 7.35. The van der Waals surface area contributed by atoms with E-state index in [-0.39, 0.29) is 11.9 Å². The molecule has 0 saturated carbocycles. The number of carbonyl (C=O) groups excluding carboxylic acids is 1. The smallest absolute Gasteiger partial charge is 0.255 e. The lowest BCUT2D eigenvalue weighted by atomic mass is 10.2. The molecule has 1 atom stereocenters. The van der Waals surface area contributed by atoms with E-state index in [1.807, 2.05) is 23.1 Å². The minimum atomic E-state index is 0.0633. The van der Waals surface area contributed by atoms with E-state index < -0.39 is 0 Å². The second-order valence-electron chi connectivity index (χ2n) is 8.03. The number of piperazine rings is 1. The molecule has 31 heavy (non-hydrogen) atoms. The largest absolute Gasteiger partial charge is 0.378 e. The second-order valence-corrected chi connectivity index (χ2v) is 9.09. The lowest BCUT2D eigenvalue weighted by Crippen LogP contribution is -2.49. The molecule has 2 aromatic heterocycles. The average Bonchev–Trinajstić information content (AvgIpc) is 3.28. The van der Waals surface area contributed by atoms with Crippen molar-refractivity contribution in [1.29, 1.82) is 0 Å². The van der Waals surface area contributed by atoms with Gasteiger partial charge in [0.2, 0.25) is 0 Å². The molecule has 162 valence electrons. The third kappa shape index (κ3) is 4.28. The van der Waals surface area contributed by atoms with Gasteiger partial charge in [0.1, 0.15) is 10.8 Å². The molecule has 7 nitrogen and oxygen atoms in total. The Hall–Kier alpha value is -2.55. The Balaban J connectivity index is 1.19. The van der Waals surface area contributed by atoms with Crippen molar-refractivity contribution in [1.82, 2.24) is 19.8 Å². The topological polar surface area (TPSA) is 61.8 Å². The molecule has 0 aliphatic carbocycles. The molecule has 0 spiro atoms. The van der Waals surface area contributed by atoms with Crippen LogP contribution in [0.15, 0.2) is 42.6 Å². The standard InChI is InChI=1S/C23H27N5O2S/c1-17(22-25-19-4-2-3-5-20(19)31-22)26-8-10-28(11-9-26)23(29)18-6-7-21(24-16-18)27-12-14-30-15-13-27/h2-7,16-17H,8-15H2,1H3. The summed E-state index contributed by atoms with van der Waals surface area (Å²) in [6.07, 6.45) is 1.71. The van der Waals surface area contributed by atoms with Gasteiger partial charge in [0.15, 0.2) is 0 Å². The fourth-order valence-corrected chi connectivity index (χ4v) is 5.27. The third-order valence-electron chi connectivity index (χ3n) is 6.15. The zero-order valence-corrected chi connectivity index (χ0v) is 18.6. The van der Waals surface area contributed by atoms with E-state index in [4.69, 9.17) is 9.72 Å². The van der Waals surface area contributed by atoms with Crippen molar-refractivity contribution >= 4 is 33.3 Å². The Bertz CT molecular complexity index is 1010. The number of nitrogens with zero attached hydrogens (tertiary/aromatic N) is 5. The minimum Gasteiger partial charge on any atom is -0.378 e. The summed E-state index contributed by atoms with van der Waals surface area (Å²) in [5, 5.41) is 1.14. The summed E-state index contributed by atoms with van der Waals surface area (Å²) in [5.41, 5.74) is 1.72. The van der Waals surface area contributed by atoms with Crippen molar-refractivity contribution in [3.63, 3.8) is 0 Å². The number of aromatic nitrogens is 2. The molecule has 0 bridgehead atoms. The van der Waals surface area contributed by atoms with E-state index in [9.17, 15) is 4.79 Å². The first-order chi connectivity index (χ1) is 15.2. The Kier molecular flexibility index (Phi) is 5.85. The first-order valence-corrected chi connectivity index (χ1v) is 11.7. The van der Waals surface area contributed by atoms with E-state index in [0.29, 0.717) is 5.56 Å². The molecule has 3 aromatic rings. The van der Waals surface area contributed by atoms with Crippen molar-refractivity contribution in [2.75, 3.05) is 57.4 Å². The van der Waals surface area contributed by atoms with Crippen molar-refractivity contribution in [2.24, 2.45) is 0 Å². The van der Waals surface area contributed by atoms with Gasteiger partial charge in [-0.05, 0) is 31.2 Å². The lowest BCUT2D eigenvalue weighted by molar-refractivity contribution is 0.0581. The summed E-state index contributed by atoms with van der Waals surface area (Å²) in [6.45, 7) is 8.49. The highest BCUT2D eigenvalue weighted by Gasteiger charge is 2.27. The van der Waals surface area contributed by atoms with Crippen LogP contribution in [0.4, 0.5) is 5.82 Å². The van der Waals surface area contributed by atoms with E-state index in [1.165, 1.54) is 4.70 Å². The summed E-state index contributed by atoms with van der Waals surface area (Å²) in [5.74, 6) is 0.975. The average molecular weight is 438 g/mol. The number of para-hydroxylation sites is 1. The molecule has 4 heterocycles. The molecule has 1 unspecified atom stereocenters. The maximum absolute atomic E-state index is 13.0. The molecule has 2 aliphatic rings. The molecular formula is C23H27N5O2S. The Labute approximate surface area is 186 Å². The fourth-order valence-electron chi connectivity index (χ4n) is 4.21. The minimum absolute atomic E-state index is 0.0633. The Morgan fingerprint density at radius 2 is 1.81 bits per heavy atom. The molecule has 2 fully saturated rings. The van der Waals surface area contributed by atoms with Crippen LogP contribution in [0.5, 0.6) is 0 Å². The number of hydrogen-bond donors (Lipinski definition) is 0. The SMILES string of the molecule is CC(c1nc2ccccc2s1)N1CCN(C(=O)c2ccc(N3CCOCC3)nc2)CC1. The number of morpholine rings is 1. The first kappa shape index (κ1) is 20.4. The van der Waals surface area contributed by atoms with Gasteiger partial charge in [0.25, 0.3) is 5.91 Å². The summed E-state index contributed by atoms with van der Waals surface area (Å²) >= 11 is 1.76. The Morgan fingerprint density at radius 1 is 1.03 bits per heavy atom. The van der Waals surface area contributed by atoms with Crippen molar-refractivity contribution in [3.05, 3.63) is 53.2 Å². The first-order valence-electron chi connectivity index (χ1n) is 10.9. The van der Waals surface area contributed by atoms with Crippen LogP contribution in [0.2, 0.25) is 0 Å². The summed E-state index contributed by atoms with van der Waals surface area (Å²) < 4.78 is 6.62. The van der Waals surface area contributed by atoms with Gasteiger partial charge in [-0.3, -0.25) is 9.69 Å². The highest BCUT2D eigenvalue weighted by molar-refractivity contribution is 7.18. The molecule has 2 aliphatic heterocycles. The van der Waals surface area contributed by atoms with E-state index >= 15 is 0 Å². The normalized spacial score (nSPS) is 19.0. The molecule has 2 saturated heterocycles. The van der Waals surface area contributed by atoms with Crippen LogP contribution in [-0.4, -0.2) is 78.2 Å². The van der Waals surface area contributed by atoms with E-state index in [0.717, 1.165) is 68.8 Å². The predicted molar refractivity (Wildman–Crippen MR) is 123 cm³/mol. The molecular weight excluding hydrogens is 410 g/mol. The number of benzene rings is 1. The summed E-state index contributed by atoms with van der Waals surface area (Å²) in [4.78, 5) is 28.9. The van der Waals surface area contributed by atoms with Gasteiger partial charge in [-0.2, -0.15) is 0 Å². The molecule has 1 amide bonds. The van der Waals surface area contributed by atoms with Crippen molar-refractivity contribution in [3.8, 4) is 0 Å². The van der Waals surface area contributed by atoms with Gasteiger partial charge in [-0.25, -0.2) is 9.97 Å². The van der Waals surface area contributed by atoms with Crippen molar-refractivity contribution in [2.45, 2.75) is 13.0 Å². The highest BCUT2D eigenvalue weighted by Crippen LogP contribution is 2.30. The van der Waals surface area contributed by atoms with Gasteiger partial charge in [0, 0.05) is 45.5 Å². The predicted octanol–water partition coefficient (Wildman–Crippen LogP) is 3.05. The summed E-state index contributed by atoms with van der Waals surface area (Å²) in [6, 6.07) is 12.4. The number of amides is 1. The maximum atomic E-state index is 13.0. The molecule has 8 heteroatoms. The van der Waals surface area contributed by atoms with Crippen LogP contribution in [0.25, 0.3) is 10.2 Å². The zero-order chi connectivity index (χ0) is 21.2. The molecule has 0 N–H and O–H groups in total. The van der Waals surface area contributed by atoms with Crippen LogP contribution >= 0.6 is 11.3 Å². The van der Waals surface area contributed by atoms with E-state index in [2.05, 4.69) is 39.9 Å². The Morgan fingerprint density at radius 3 is 2.52 bits per heavy atom. The van der Waals surface area contributed by atoms with Gasteiger partial charge in [-0.15, -0.1) is 11.3 Å². The van der Waals surface area contributed by atoms with Gasteiger partial charge < -0.3 is 14.5 Å². The van der Waals surface area contributed by atoms with Crippen LogP contribution in [0, 0.1) is 0 Å². The van der Waals surface area contributed by atoms with Gasteiger partial charge in [-0.1, -0.05) is 12.1 Å². The number of anilines is 1. The van der Waals surface area contributed by atoms with Crippen LogP contribution < -0.4 is 4.90 Å². The number of pyridine rings is 1. The van der Waals surface area contributed by atoms with Crippen LogP contribution in [0.1, 0.15) is 28.3 Å².